The normalized spacial score (nSPS) is 26.1. The van der Waals surface area contributed by atoms with E-state index >= 15 is 0 Å². The van der Waals surface area contributed by atoms with Gasteiger partial charge in [-0.3, -0.25) is 0 Å². The molecule has 0 spiro atoms. The van der Waals surface area contributed by atoms with Crippen LogP contribution in [0.25, 0.3) is 11.5 Å². The average Bonchev–Trinajstić information content (AvgIpc) is 3.13. The van der Waals surface area contributed by atoms with E-state index < -0.39 is 10.0 Å². The third-order valence-corrected chi connectivity index (χ3v) is 7.32. The van der Waals surface area contributed by atoms with Crippen LogP contribution in [0.5, 0.6) is 0 Å². The fourth-order valence-electron chi connectivity index (χ4n) is 3.98. The van der Waals surface area contributed by atoms with Crippen LogP contribution < -0.4 is 4.72 Å². The molecule has 0 aliphatic heterocycles. The molecule has 2 fully saturated rings. The van der Waals surface area contributed by atoms with E-state index in [1.807, 2.05) is 31.2 Å². The van der Waals surface area contributed by atoms with Gasteiger partial charge in [-0.15, -0.1) is 0 Å². The zero-order chi connectivity index (χ0) is 16.7. The van der Waals surface area contributed by atoms with Gasteiger partial charge in [0.25, 0.3) is 0 Å². The first kappa shape index (κ1) is 15.8. The molecule has 128 valence electrons. The topological polar surface area (TPSA) is 72.2 Å². The summed E-state index contributed by atoms with van der Waals surface area (Å²) in [5, 5.41) is -0.214. The number of hydrogen-bond donors (Lipinski definition) is 1. The van der Waals surface area contributed by atoms with E-state index in [9.17, 15) is 8.42 Å². The van der Waals surface area contributed by atoms with E-state index in [-0.39, 0.29) is 11.8 Å². The van der Waals surface area contributed by atoms with Gasteiger partial charge in [0.15, 0.2) is 0 Å². The third-order valence-electron chi connectivity index (χ3n) is 5.43. The van der Waals surface area contributed by atoms with Crippen LogP contribution in [0.1, 0.15) is 36.9 Å². The molecule has 1 heterocycles. The van der Waals surface area contributed by atoms with E-state index in [2.05, 4.69) is 9.71 Å². The molecule has 0 saturated heterocycles. The van der Waals surface area contributed by atoms with Crippen LogP contribution in [0.2, 0.25) is 0 Å². The Morgan fingerprint density at radius 2 is 2.04 bits per heavy atom. The summed E-state index contributed by atoms with van der Waals surface area (Å²) in [5.74, 6) is 1.51. The molecule has 2 aliphatic rings. The van der Waals surface area contributed by atoms with Gasteiger partial charge in [-0.05, 0) is 43.7 Å². The van der Waals surface area contributed by atoms with Gasteiger partial charge >= 0.3 is 0 Å². The highest BCUT2D eigenvalue weighted by molar-refractivity contribution is 7.90. The van der Waals surface area contributed by atoms with Gasteiger partial charge in [-0.25, -0.2) is 18.1 Å². The summed E-state index contributed by atoms with van der Waals surface area (Å²) in [7, 11) is -3.27. The van der Waals surface area contributed by atoms with E-state index in [0.29, 0.717) is 23.4 Å². The van der Waals surface area contributed by atoms with Gasteiger partial charge in [-0.2, -0.15) is 0 Å². The minimum absolute atomic E-state index is 0.186. The Morgan fingerprint density at radius 3 is 2.79 bits per heavy atom. The fourth-order valence-corrected chi connectivity index (χ4v) is 5.86. The lowest BCUT2D eigenvalue weighted by molar-refractivity contribution is 0.221. The maximum atomic E-state index is 12.5. The SMILES string of the molecule is Cc1ccc(-c2nc(CNS(=O)(=O)C3CC4CCCC43)co2)cc1. The quantitative estimate of drug-likeness (QED) is 0.902. The molecule has 6 heteroatoms. The van der Waals surface area contributed by atoms with Gasteiger partial charge in [0.2, 0.25) is 15.9 Å². The number of benzene rings is 1. The predicted molar refractivity (Wildman–Crippen MR) is 91.7 cm³/mol. The lowest BCUT2D eigenvalue weighted by Crippen LogP contribution is -2.48. The van der Waals surface area contributed by atoms with Gasteiger partial charge in [-0.1, -0.05) is 30.5 Å². The Hall–Kier alpha value is -1.66. The van der Waals surface area contributed by atoms with Crippen LogP contribution in [0.3, 0.4) is 0 Å². The molecule has 1 aromatic carbocycles. The average molecular weight is 346 g/mol. The van der Waals surface area contributed by atoms with Crippen molar-refractivity contribution in [1.82, 2.24) is 9.71 Å². The summed E-state index contributed by atoms with van der Waals surface area (Å²) < 4.78 is 33.1. The maximum Gasteiger partial charge on any atom is 0.226 e. The molecule has 3 unspecified atom stereocenters. The van der Waals surface area contributed by atoms with Gasteiger partial charge in [0.05, 0.1) is 17.5 Å². The summed E-state index contributed by atoms with van der Waals surface area (Å²) in [6.07, 6.45) is 5.76. The molecule has 0 amide bonds. The first-order valence-corrected chi connectivity index (χ1v) is 10.1. The highest BCUT2D eigenvalue weighted by Crippen LogP contribution is 2.49. The van der Waals surface area contributed by atoms with Crippen molar-refractivity contribution < 1.29 is 12.8 Å². The number of aromatic nitrogens is 1. The molecule has 2 aromatic rings. The maximum absolute atomic E-state index is 12.5. The molecule has 24 heavy (non-hydrogen) atoms. The number of fused-ring (bicyclic) bond motifs is 1. The standard InChI is InChI=1S/C18H22N2O3S/c1-12-5-7-13(8-6-12)18-20-15(11-23-18)10-19-24(21,22)17-9-14-3-2-4-16(14)17/h5-8,11,14,16-17,19H,2-4,9-10H2,1H3. The summed E-state index contributed by atoms with van der Waals surface area (Å²) >= 11 is 0. The molecular weight excluding hydrogens is 324 g/mol. The van der Waals surface area contributed by atoms with Crippen molar-refractivity contribution in [2.75, 3.05) is 0 Å². The van der Waals surface area contributed by atoms with Crippen molar-refractivity contribution >= 4 is 10.0 Å². The molecule has 2 aliphatic carbocycles. The molecule has 0 bridgehead atoms. The van der Waals surface area contributed by atoms with Crippen LogP contribution in [-0.2, 0) is 16.6 Å². The highest BCUT2D eigenvalue weighted by atomic mass is 32.2. The minimum Gasteiger partial charge on any atom is -0.444 e. The van der Waals surface area contributed by atoms with Crippen molar-refractivity contribution in [1.29, 1.82) is 0 Å². The van der Waals surface area contributed by atoms with E-state index in [0.717, 1.165) is 18.4 Å². The molecule has 4 rings (SSSR count). The number of aryl methyl sites for hydroxylation is 1. The summed E-state index contributed by atoms with van der Waals surface area (Å²) in [5.41, 5.74) is 2.67. The van der Waals surface area contributed by atoms with E-state index in [1.165, 1.54) is 24.7 Å². The molecule has 0 radical (unpaired) electrons. The van der Waals surface area contributed by atoms with Crippen LogP contribution in [0.4, 0.5) is 0 Å². The van der Waals surface area contributed by atoms with Gasteiger partial charge in [0.1, 0.15) is 6.26 Å². The van der Waals surface area contributed by atoms with E-state index in [4.69, 9.17) is 4.42 Å². The number of oxazole rings is 1. The van der Waals surface area contributed by atoms with Gasteiger partial charge < -0.3 is 4.42 Å². The minimum atomic E-state index is -3.27. The van der Waals surface area contributed by atoms with Gasteiger partial charge in [0, 0.05) is 5.56 Å². The number of rotatable bonds is 5. The Labute approximate surface area is 142 Å². The predicted octanol–water partition coefficient (Wildman–Crippen LogP) is 3.26. The van der Waals surface area contributed by atoms with Crippen molar-refractivity contribution in [3.05, 3.63) is 41.8 Å². The second kappa shape index (κ2) is 6.01. The molecule has 5 nitrogen and oxygen atoms in total. The zero-order valence-electron chi connectivity index (χ0n) is 13.7. The Morgan fingerprint density at radius 1 is 1.25 bits per heavy atom. The summed E-state index contributed by atoms with van der Waals surface area (Å²) in [6.45, 7) is 2.21. The Balaban J connectivity index is 1.40. The summed E-state index contributed by atoms with van der Waals surface area (Å²) in [4.78, 5) is 4.39. The first-order chi connectivity index (χ1) is 11.5. The molecule has 1 aromatic heterocycles. The zero-order valence-corrected chi connectivity index (χ0v) is 14.6. The van der Waals surface area contributed by atoms with Crippen LogP contribution in [0, 0.1) is 18.8 Å². The molecule has 2 saturated carbocycles. The molecule has 1 N–H and O–H groups in total. The Kier molecular flexibility index (Phi) is 3.96. The van der Waals surface area contributed by atoms with Crippen molar-refractivity contribution in [3.8, 4) is 11.5 Å². The van der Waals surface area contributed by atoms with Crippen molar-refractivity contribution in [2.24, 2.45) is 11.8 Å². The lowest BCUT2D eigenvalue weighted by Gasteiger charge is -2.39. The van der Waals surface area contributed by atoms with Crippen LogP contribution in [-0.4, -0.2) is 18.7 Å². The number of nitrogens with one attached hydrogen (secondary N) is 1. The van der Waals surface area contributed by atoms with Crippen molar-refractivity contribution in [2.45, 2.75) is 44.4 Å². The highest BCUT2D eigenvalue weighted by Gasteiger charge is 2.49. The summed E-state index contributed by atoms with van der Waals surface area (Å²) in [6, 6.07) is 7.89. The monoisotopic (exact) mass is 346 g/mol. The molecule has 3 atom stereocenters. The lowest BCUT2D eigenvalue weighted by atomic mass is 9.76. The fraction of sp³-hybridized carbons (Fsp3) is 0.500. The van der Waals surface area contributed by atoms with E-state index in [1.54, 1.807) is 0 Å². The third kappa shape index (κ3) is 2.89. The van der Waals surface area contributed by atoms with Crippen LogP contribution >= 0.6 is 0 Å². The Bertz CT molecular complexity index is 826. The molecular formula is C18H22N2O3S. The number of sulfonamides is 1. The second-order valence-corrected chi connectivity index (χ2v) is 8.99. The number of hydrogen-bond acceptors (Lipinski definition) is 4. The first-order valence-electron chi connectivity index (χ1n) is 8.53. The number of nitrogens with zero attached hydrogens (tertiary/aromatic N) is 1. The van der Waals surface area contributed by atoms with Crippen molar-refractivity contribution in [3.63, 3.8) is 0 Å². The smallest absolute Gasteiger partial charge is 0.226 e. The second-order valence-electron chi connectivity index (χ2n) is 7.01. The largest absolute Gasteiger partial charge is 0.444 e. The van der Waals surface area contributed by atoms with Crippen LogP contribution in [0.15, 0.2) is 34.9 Å².